The Morgan fingerprint density at radius 3 is 2.15 bits per heavy atom. The van der Waals surface area contributed by atoms with Crippen LogP contribution in [0.1, 0.15) is 70.4 Å². The minimum Gasteiger partial charge on any atom is -0.493 e. The van der Waals surface area contributed by atoms with Gasteiger partial charge in [0.05, 0.1) is 23.9 Å². The Balaban J connectivity index is 1.71. The number of esters is 1. The summed E-state index contributed by atoms with van der Waals surface area (Å²) in [4.78, 5) is 12.7. The zero-order valence-corrected chi connectivity index (χ0v) is 20.8. The van der Waals surface area contributed by atoms with E-state index in [-0.39, 0.29) is 12.0 Å². The second-order valence-corrected chi connectivity index (χ2v) is 9.37. The van der Waals surface area contributed by atoms with Gasteiger partial charge in [-0.15, -0.1) is 0 Å². The smallest absolute Gasteiger partial charge is 0.338 e. The van der Waals surface area contributed by atoms with Gasteiger partial charge in [-0.05, 0) is 73.6 Å². The van der Waals surface area contributed by atoms with Crippen LogP contribution >= 0.6 is 0 Å². The number of hydrogen-bond acceptors (Lipinski definition) is 6. The average molecular weight is 452 g/mol. The van der Waals surface area contributed by atoms with Gasteiger partial charge in [0, 0.05) is 0 Å². The van der Waals surface area contributed by atoms with Crippen LogP contribution in [0.15, 0.2) is 34.9 Å². The highest BCUT2D eigenvalue weighted by molar-refractivity contribution is 5.90. The van der Waals surface area contributed by atoms with Crippen LogP contribution in [0.25, 0.3) is 0 Å². The van der Waals surface area contributed by atoms with E-state index >= 15 is 0 Å². The van der Waals surface area contributed by atoms with Gasteiger partial charge in [0.1, 0.15) is 19.0 Å². The van der Waals surface area contributed by atoms with Gasteiger partial charge in [-0.2, -0.15) is 0 Å². The van der Waals surface area contributed by atoms with Crippen LogP contribution in [0.3, 0.4) is 0 Å². The maximum atomic E-state index is 12.7. The highest BCUT2D eigenvalue weighted by Gasteiger charge is 2.18. The van der Waals surface area contributed by atoms with Gasteiger partial charge in [-0.1, -0.05) is 38.1 Å². The Hall–Kier alpha value is -3.28. The summed E-state index contributed by atoms with van der Waals surface area (Å²) in [6, 6.07) is 9.36. The molecule has 3 aromatic rings. The van der Waals surface area contributed by atoms with E-state index in [1.54, 1.807) is 18.2 Å². The second kappa shape index (κ2) is 9.69. The number of nitrogens with zero attached hydrogens (tertiary/aromatic N) is 1. The number of ether oxygens (including phenoxy) is 3. The molecule has 0 saturated heterocycles. The highest BCUT2D eigenvalue weighted by atomic mass is 16.5. The molecule has 2 aromatic carbocycles. The van der Waals surface area contributed by atoms with Crippen molar-refractivity contribution < 1.29 is 23.5 Å². The Labute approximate surface area is 195 Å². The van der Waals surface area contributed by atoms with E-state index in [1.165, 1.54) is 12.7 Å². The largest absolute Gasteiger partial charge is 0.493 e. The van der Waals surface area contributed by atoms with Gasteiger partial charge >= 0.3 is 5.97 Å². The molecule has 0 aliphatic heterocycles. The Morgan fingerprint density at radius 2 is 1.61 bits per heavy atom. The number of carbonyl (C=O) groups excluding carboxylic acids is 1. The van der Waals surface area contributed by atoms with Gasteiger partial charge < -0.3 is 18.7 Å². The zero-order valence-electron chi connectivity index (χ0n) is 20.8. The molecule has 0 aliphatic rings. The number of methoxy groups -OCH3 is 1. The summed E-state index contributed by atoms with van der Waals surface area (Å²) in [5.74, 6) is 1.29. The fourth-order valence-electron chi connectivity index (χ4n) is 3.65. The number of rotatable bonds is 7. The van der Waals surface area contributed by atoms with E-state index in [0.717, 1.165) is 27.9 Å². The second-order valence-electron chi connectivity index (χ2n) is 9.37. The molecule has 0 unspecified atom stereocenters. The van der Waals surface area contributed by atoms with Crippen LogP contribution in [-0.2, 0) is 23.4 Å². The predicted molar refractivity (Wildman–Crippen MR) is 127 cm³/mol. The van der Waals surface area contributed by atoms with Gasteiger partial charge in [0.15, 0.2) is 11.5 Å². The molecule has 6 heteroatoms. The fraction of sp³-hybridized carbons (Fsp3) is 0.407. The maximum absolute atomic E-state index is 12.7. The van der Waals surface area contributed by atoms with Crippen molar-refractivity contribution in [2.24, 2.45) is 0 Å². The molecule has 1 aromatic heterocycles. The van der Waals surface area contributed by atoms with Crippen molar-refractivity contribution in [3.8, 4) is 11.5 Å². The van der Waals surface area contributed by atoms with E-state index in [9.17, 15) is 4.79 Å². The third kappa shape index (κ3) is 5.56. The molecule has 3 rings (SSSR count). The van der Waals surface area contributed by atoms with Crippen molar-refractivity contribution in [3.63, 3.8) is 0 Å². The fourth-order valence-corrected chi connectivity index (χ4v) is 3.65. The van der Waals surface area contributed by atoms with E-state index in [0.29, 0.717) is 29.4 Å². The summed E-state index contributed by atoms with van der Waals surface area (Å²) in [6.07, 6.45) is 0. The van der Waals surface area contributed by atoms with Crippen molar-refractivity contribution in [3.05, 3.63) is 75.2 Å². The third-order valence-electron chi connectivity index (χ3n) is 5.86. The molecular formula is C27H33NO5. The van der Waals surface area contributed by atoms with E-state index in [2.05, 4.69) is 51.9 Å². The Bertz CT molecular complexity index is 1110. The number of aryl methyl sites for hydroxylation is 4. The lowest BCUT2D eigenvalue weighted by Crippen LogP contribution is -2.13. The molecule has 0 saturated carbocycles. The Kier molecular flexibility index (Phi) is 7.15. The summed E-state index contributed by atoms with van der Waals surface area (Å²) in [7, 11) is 1.54. The van der Waals surface area contributed by atoms with Crippen LogP contribution in [-0.4, -0.2) is 18.2 Å². The molecule has 0 atom stereocenters. The number of aromatic nitrogens is 1. The Morgan fingerprint density at radius 1 is 0.939 bits per heavy atom. The molecule has 0 aliphatic carbocycles. The first kappa shape index (κ1) is 24.4. The summed E-state index contributed by atoms with van der Waals surface area (Å²) in [5, 5.41) is 3.94. The minimum absolute atomic E-state index is 0.0661. The number of carbonyl (C=O) groups is 1. The highest BCUT2D eigenvalue weighted by Crippen LogP contribution is 2.31. The lowest BCUT2D eigenvalue weighted by atomic mass is 9.84. The summed E-state index contributed by atoms with van der Waals surface area (Å²) >= 11 is 0. The van der Waals surface area contributed by atoms with Crippen molar-refractivity contribution in [1.29, 1.82) is 0 Å². The van der Waals surface area contributed by atoms with Crippen LogP contribution < -0.4 is 9.47 Å². The topological polar surface area (TPSA) is 70.8 Å². The van der Waals surface area contributed by atoms with E-state index in [1.807, 2.05) is 13.8 Å². The minimum atomic E-state index is -0.413. The SMILES string of the molecule is COc1cc(C(=O)OCc2c(C)cc(C(C)(C)C)cc2C)ccc1OCc1c(C)noc1C. The first-order valence-electron chi connectivity index (χ1n) is 11.0. The molecule has 33 heavy (non-hydrogen) atoms. The molecule has 0 bridgehead atoms. The summed E-state index contributed by atoms with van der Waals surface area (Å²) in [6.45, 7) is 14.9. The van der Waals surface area contributed by atoms with Crippen LogP contribution in [0.2, 0.25) is 0 Å². The van der Waals surface area contributed by atoms with Gasteiger partial charge in [-0.25, -0.2) is 4.79 Å². The van der Waals surface area contributed by atoms with Crippen molar-refractivity contribution >= 4 is 5.97 Å². The average Bonchev–Trinajstić information content (AvgIpc) is 3.07. The normalized spacial score (nSPS) is 11.4. The molecule has 0 amide bonds. The first-order chi connectivity index (χ1) is 15.5. The van der Waals surface area contributed by atoms with Crippen molar-refractivity contribution in [2.75, 3.05) is 7.11 Å². The van der Waals surface area contributed by atoms with Crippen molar-refractivity contribution in [2.45, 2.75) is 67.1 Å². The molecule has 1 heterocycles. The van der Waals surface area contributed by atoms with Gasteiger partial charge in [0.25, 0.3) is 0 Å². The lowest BCUT2D eigenvalue weighted by molar-refractivity contribution is 0.0471. The molecule has 6 nitrogen and oxygen atoms in total. The molecule has 0 spiro atoms. The van der Waals surface area contributed by atoms with E-state index < -0.39 is 5.97 Å². The van der Waals surface area contributed by atoms with Gasteiger partial charge in [-0.3, -0.25) is 0 Å². The van der Waals surface area contributed by atoms with Gasteiger partial charge in [0.2, 0.25) is 0 Å². The summed E-state index contributed by atoms with van der Waals surface area (Å²) in [5.41, 5.74) is 6.68. The number of benzene rings is 2. The monoisotopic (exact) mass is 451 g/mol. The predicted octanol–water partition coefficient (Wildman–Crippen LogP) is 6.15. The van der Waals surface area contributed by atoms with Crippen molar-refractivity contribution in [1.82, 2.24) is 5.16 Å². The van der Waals surface area contributed by atoms with Crippen LogP contribution in [0.5, 0.6) is 11.5 Å². The van der Waals surface area contributed by atoms with Crippen LogP contribution in [0, 0.1) is 27.7 Å². The molecule has 0 fully saturated rings. The first-order valence-corrected chi connectivity index (χ1v) is 11.0. The molecule has 176 valence electrons. The van der Waals surface area contributed by atoms with Crippen LogP contribution in [0.4, 0.5) is 0 Å². The standard InChI is InChI=1S/C27H33NO5/c1-16-11-21(27(5,6)7)12-17(2)22(16)14-32-26(29)20-9-10-24(25(13-20)30-8)31-15-23-18(3)28-33-19(23)4/h9-13H,14-15H2,1-8H3. The third-order valence-corrected chi connectivity index (χ3v) is 5.86. The molecular weight excluding hydrogens is 418 g/mol. The molecule has 0 radical (unpaired) electrons. The summed E-state index contributed by atoms with van der Waals surface area (Å²) < 4.78 is 22.1. The molecule has 0 N–H and O–H groups in total. The lowest BCUT2D eigenvalue weighted by Gasteiger charge is -2.22. The quantitative estimate of drug-likeness (QED) is 0.401. The zero-order chi connectivity index (χ0) is 24.3. The maximum Gasteiger partial charge on any atom is 0.338 e. The number of hydrogen-bond donors (Lipinski definition) is 0. The van der Waals surface area contributed by atoms with E-state index in [4.69, 9.17) is 18.7 Å².